The maximum absolute atomic E-state index is 12.6. The summed E-state index contributed by atoms with van der Waals surface area (Å²) in [6, 6.07) is 16.0. The fraction of sp³-hybridized carbons (Fsp3) is 0.391. The Morgan fingerprint density at radius 2 is 1.50 bits per heavy atom. The van der Waals surface area contributed by atoms with Crippen LogP contribution in [0.4, 0.5) is 0 Å². The zero-order valence-corrected chi connectivity index (χ0v) is 16.8. The topological polar surface area (TPSA) is 52.7 Å². The van der Waals surface area contributed by atoms with Gasteiger partial charge in [0.05, 0.1) is 6.54 Å². The first-order chi connectivity index (χ1) is 13.5. The van der Waals surface area contributed by atoms with Gasteiger partial charge in [-0.3, -0.25) is 14.5 Å². The minimum Gasteiger partial charge on any atom is -0.351 e. The third kappa shape index (κ3) is 5.42. The SMILES string of the molecule is CCc1ccc(C(=O)N2CCN(CC(=O)NCc3ccc(C)cc3)CC2)cc1. The third-order valence-electron chi connectivity index (χ3n) is 5.25. The minimum atomic E-state index is 0.0236. The number of benzene rings is 2. The number of hydrogen-bond donors (Lipinski definition) is 1. The van der Waals surface area contributed by atoms with E-state index in [4.69, 9.17) is 0 Å². The van der Waals surface area contributed by atoms with Crippen LogP contribution in [-0.2, 0) is 17.8 Å². The van der Waals surface area contributed by atoms with Crippen LogP contribution >= 0.6 is 0 Å². The number of amides is 2. The molecule has 0 saturated carbocycles. The van der Waals surface area contributed by atoms with Crippen LogP contribution in [-0.4, -0.2) is 54.3 Å². The quantitative estimate of drug-likeness (QED) is 0.840. The van der Waals surface area contributed by atoms with Gasteiger partial charge in [-0.1, -0.05) is 48.9 Å². The summed E-state index contributed by atoms with van der Waals surface area (Å²) in [6.45, 7) is 7.82. The van der Waals surface area contributed by atoms with Gasteiger partial charge in [-0.2, -0.15) is 0 Å². The Labute approximate surface area is 167 Å². The van der Waals surface area contributed by atoms with Gasteiger partial charge in [-0.25, -0.2) is 0 Å². The first kappa shape index (κ1) is 20.1. The molecule has 1 N–H and O–H groups in total. The van der Waals surface area contributed by atoms with Crippen molar-refractivity contribution in [3.63, 3.8) is 0 Å². The van der Waals surface area contributed by atoms with Crippen LogP contribution in [0.5, 0.6) is 0 Å². The van der Waals surface area contributed by atoms with E-state index in [2.05, 4.69) is 17.1 Å². The van der Waals surface area contributed by atoms with Gasteiger partial charge in [-0.05, 0) is 36.6 Å². The molecule has 0 atom stereocenters. The minimum absolute atomic E-state index is 0.0236. The van der Waals surface area contributed by atoms with Gasteiger partial charge in [0.15, 0.2) is 0 Å². The summed E-state index contributed by atoms with van der Waals surface area (Å²) < 4.78 is 0. The van der Waals surface area contributed by atoms with Gasteiger partial charge in [0.25, 0.3) is 5.91 Å². The number of hydrogen-bond acceptors (Lipinski definition) is 3. The molecule has 1 aliphatic rings. The zero-order chi connectivity index (χ0) is 19.9. The highest BCUT2D eigenvalue weighted by molar-refractivity contribution is 5.94. The fourth-order valence-corrected chi connectivity index (χ4v) is 3.34. The summed E-state index contributed by atoms with van der Waals surface area (Å²) in [6.07, 6.45) is 0.971. The number of aryl methyl sites for hydroxylation is 2. The van der Waals surface area contributed by atoms with E-state index in [1.165, 1.54) is 11.1 Å². The molecule has 1 saturated heterocycles. The van der Waals surface area contributed by atoms with Crippen LogP contribution in [0.2, 0.25) is 0 Å². The summed E-state index contributed by atoms with van der Waals surface area (Å²) in [5.41, 5.74) is 4.28. The summed E-state index contributed by atoms with van der Waals surface area (Å²) in [5.74, 6) is 0.0987. The van der Waals surface area contributed by atoms with Crippen molar-refractivity contribution in [2.75, 3.05) is 32.7 Å². The summed E-state index contributed by atoms with van der Waals surface area (Å²) >= 11 is 0. The molecule has 1 heterocycles. The molecule has 2 amide bonds. The van der Waals surface area contributed by atoms with Crippen LogP contribution < -0.4 is 5.32 Å². The van der Waals surface area contributed by atoms with E-state index < -0.39 is 0 Å². The van der Waals surface area contributed by atoms with Gasteiger partial charge in [-0.15, -0.1) is 0 Å². The molecular weight excluding hydrogens is 350 g/mol. The van der Waals surface area contributed by atoms with E-state index in [1.54, 1.807) is 0 Å². The number of carbonyl (C=O) groups excluding carboxylic acids is 2. The fourth-order valence-electron chi connectivity index (χ4n) is 3.34. The lowest BCUT2D eigenvalue weighted by Crippen LogP contribution is -2.51. The standard InChI is InChI=1S/C23H29N3O2/c1-3-19-8-10-21(11-9-19)23(28)26-14-12-25(13-15-26)17-22(27)24-16-20-6-4-18(2)5-7-20/h4-11H,3,12-17H2,1-2H3,(H,24,27). The predicted molar refractivity (Wildman–Crippen MR) is 111 cm³/mol. The monoisotopic (exact) mass is 379 g/mol. The number of piperazine rings is 1. The summed E-state index contributed by atoms with van der Waals surface area (Å²) in [7, 11) is 0. The Balaban J connectivity index is 1.42. The molecule has 1 aliphatic heterocycles. The molecule has 2 aromatic rings. The molecule has 0 aromatic heterocycles. The number of nitrogens with zero attached hydrogens (tertiary/aromatic N) is 2. The molecular formula is C23H29N3O2. The predicted octanol–water partition coefficient (Wildman–Crippen LogP) is 2.63. The summed E-state index contributed by atoms with van der Waals surface area (Å²) in [5, 5.41) is 2.98. The molecule has 0 radical (unpaired) electrons. The molecule has 0 spiro atoms. The van der Waals surface area contributed by atoms with E-state index >= 15 is 0 Å². The molecule has 2 aromatic carbocycles. The Bertz CT molecular complexity index is 792. The molecule has 28 heavy (non-hydrogen) atoms. The number of nitrogens with one attached hydrogen (secondary N) is 1. The van der Waals surface area contributed by atoms with Crippen LogP contribution in [0.1, 0.15) is 34.0 Å². The Hall–Kier alpha value is -2.66. The normalized spacial score (nSPS) is 14.7. The van der Waals surface area contributed by atoms with Gasteiger partial charge < -0.3 is 10.2 Å². The van der Waals surface area contributed by atoms with Crippen molar-refractivity contribution in [2.24, 2.45) is 0 Å². The third-order valence-corrected chi connectivity index (χ3v) is 5.25. The lowest BCUT2D eigenvalue weighted by atomic mass is 10.1. The average Bonchev–Trinajstić information content (AvgIpc) is 2.73. The molecule has 5 heteroatoms. The highest BCUT2D eigenvalue weighted by Crippen LogP contribution is 2.11. The molecule has 0 unspecified atom stereocenters. The van der Waals surface area contributed by atoms with Gasteiger partial charge >= 0.3 is 0 Å². The largest absolute Gasteiger partial charge is 0.351 e. The van der Waals surface area contributed by atoms with Crippen molar-refractivity contribution in [3.8, 4) is 0 Å². The molecule has 1 fully saturated rings. The average molecular weight is 380 g/mol. The first-order valence-electron chi connectivity index (χ1n) is 9.98. The molecule has 0 aliphatic carbocycles. The number of rotatable bonds is 6. The van der Waals surface area contributed by atoms with Crippen LogP contribution in [0, 0.1) is 6.92 Å². The Kier molecular flexibility index (Phi) is 6.82. The number of carbonyl (C=O) groups is 2. The zero-order valence-electron chi connectivity index (χ0n) is 16.8. The lowest BCUT2D eigenvalue weighted by Gasteiger charge is -2.34. The van der Waals surface area contributed by atoms with Crippen LogP contribution in [0.15, 0.2) is 48.5 Å². The van der Waals surface area contributed by atoms with Gasteiger partial charge in [0.1, 0.15) is 0 Å². The van der Waals surface area contributed by atoms with Crippen molar-refractivity contribution in [1.82, 2.24) is 15.1 Å². The van der Waals surface area contributed by atoms with Crippen LogP contribution in [0.3, 0.4) is 0 Å². The van der Waals surface area contributed by atoms with Crippen molar-refractivity contribution in [1.29, 1.82) is 0 Å². The van der Waals surface area contributed by atoms with E-state index in [1.807, 2.05) is 60.4 Å². The van der Waals surface area contributed by atoms with E-state index in [0.29, 0.717) is 26.2 Å². The maximum atomic E-state index is 12.6. The molecule has 0 bridgehead atoms. The van der Waals surface area contributed by atoms with Gasteiger partial charge in [0, 0.05) is 38.3 Å². The Morgan fingerprint density at radius 1 is 0.893 bits per heavy atom. The van der Waals surface area contributed by atoms with Gasteiger partial charge in [0.2, 0.25) is 5.91 Å². The second kappa shape index (κ2) is 9.51. The van der Waals surface area contributed by atoms with Crippen LogP contribution in [0.25, 0.3) is 0 Å². The van der Waals surface area contributed by atoms with Crippen molar-refractivity contribution >= 4 is 11.8 Å². The van der Waals surface area contributed by atoms with Crippen molar-refractivity contribution < 1.29 is 9.59 Å². The second-order valence-electron chi connectivity index (χ2n) is 7.38. The Morgan fingerprint density at radius 3 is 2.11 bits per heavy atom. The summed E-state index contributed by atoms with van der Waals surface area (Å²) in [4.78, 5) is 28.8. The van der Waals surface area contributed by atoms with Crippen molar-refractivity contribution in [2.45, 2.75) is 26.8 Å². The van der Waals surface area contributed by atoms with E-state index in [9.17, 15) is 9.59 Å². The molecule has 5 nitrogen and oxygen atoms in total. The first-order valence-corrected chi connectivity index (χ1v) is 9.98. The van der Waals surface area contributed by atoms with Crippen molar-refractivity contribution in [3.05, 3.63) is 70.8 Å². The maximum Gasteiger partial charge on any atom is 0.253 e. The van der Waals surface area contributed by atoms with E-state index in [0.717, 1.165) is 30.6 Å². The lowest BCUT2D eigenvalue weighted by molar-refractivity contribution is -0.122. The highest BCUT2D eigenvalue weighted by Gasteiger charge is 2.23. The molecule has 148 valence electrons. The smallest absolute Gasteiger partial charge is 0.253 e. The second-order valence-corrected chi connectivity index (χ2v) is 7.38. The molecule has 3 rings (SSSR count). The highest BCUT2D eigenvalue weighted by atomic mass is 16.2. The van der Waals surface area contributed by atoms with E-state index in [-0.39, 0.29) is 11.8 Å².